The molecule has 0 aromatic rings. The van der Waals surface area contributed by atoms with Crippen LogP contribution in [0.5, 0.6) is 0 Å². The van der Waals surface area contributed by atoms with Crippen molar-refractivity contribution >= 4 is 0 Å². The van der Waals surface area contributed by atoms with Crippen LogP contribution in [0, 0.1) is 12.0 Å². The van der Waals surface area contributed by atoms with E-state index >= 15 is 0 Å². The van der Waals surface area contributed by atoms with Crippen LogP contribution in [0.15, 0.2) is 0 Å². The fourth-order valence-corrected chi connectivity index (χ4v) is 0.997. The molecular formula is C7H13N3. The van der Waals surface area contributed by atoms with Crippen LogP contribution < -0.4 is 16.4 Å². The molecule has 1 rings (SSSR count). The molecule has 0 amide bonds. The fourth-order valence-electron chi connectivity index (χ4n) is 0.997. The largest absolute Gasteiger partial charge is 0.330 e. The lowest BCUT2D eigenvalue weighted by molar-refractivity contribution is 0.563. The van der Waals surface area contributed by atoms with Gasteiger partial charge in [0.25, 0.3) is 0 Å². The van der Waals surface area contributed by atoms with Gasteiger partial charge in [-0.3, -0.25) is 5.32 Å². The lowest BCUT2D eigenvalue weighted by Gasteiger charge is -2.06. The summed E-state index contributed by atoms with van der Waals surface area (Å²) in [5.74, 6) is 2.75. The van der Waals surface area contributed by atoms with Gasteiger partial charge in [-0.15, -0.1) is 0 Å². The predicted octanol–water partition coefficient (Wildman–Crippen LogP) is -0.795. The molecule has 1 fully saturated rings. The summed E-state index contributed by atoms with van der Waals surface area (Å²) in [6.45, 7) is 1.53. The standard InChI is InChI=1S/C7H13N3/c8-4-2-6-10-7-3-1-5-9-7/h7,9-10H,1,3-5,8H2. The minimum absolute atomic E-state index is 0.388. The number of rotatable bonds is 1. The van der Waals surface area contributed by atoms with E-state index in [0.717, 1.165) is 6.54 Å². The van der Waals surface area contributed by atoms with Crippen molar-refractivity contribution in [1.29, 1.82) is 0 Å². The third kappa shape index (κ3) is 2.26. The third-order valence-electron chi connectivity index (χ3n) is 1.50. The zero-order valence-corrected chi connectivity index (χ0v) is 5.98. The summed E-state index contributed by atoms with van der Waals surface area (Å²) in [6, 6.07) is 2.79. The van der Waals surface area contributed by atoms with E-state index in [9.17, 15) is 0 Å². The van der Waals surface area contributed by atoms with Gasteiger partial charge in [-0.2, -0.15) is 0 Å². The van der Waals surface area contributed by atoms with Gasteiger partial charge in [-0.1, -0.05) is 5.92 Å². The molecule has 1 heterocycles. The zero-order chi connectivity index (χ0) is 7.23. The predicted molar refractivity (Wildman–Crippen MR) is 41.0 cm³/mol. The molecule has 0 radical (unpaired) electrons. The second-order valence-corrected chi connectivity index (χ2v) is 2.30. The smallest absolute Gasteiger partial charge is 0.0843 e. The Balaban J connectivity index is 2.12. The first-order chi connectivity index (χ1) is 4.93. The highest BCUT2D eigenvalue weighted by Gasteiger charge is 2.10. The molecule has 10 heavy (non-hydrogen) atoms. The Bertz CT molecular complexity index is 139. The van der Waals surface area contributed by atoms with Crippen LogP contribution in [-0.2, 0) is 0 Å². The Morgan fingerprint density at radius 3 is 3.20 bits per heavy atom. The van der Waals surface area contributed by atoms with E-state index < -0.39 is 0 Å². The quantitative estimate of drug-likeness (QED) is 0.329. The Morgan fingerprint density at radius 1 is 1.70 bits per heavy atom. The highest BCUT2D eigenvalue weighted by atomic mass is 15.1. The van der Waals surface area contributed by atoms with Gasteiger partial charge < -0.3 is 11.1 Å². The Hall–Kier alpha value is -0.720. The molecule has 1 atom stereocenters. The van der Waals surface area contributed by atoms with E-state index in [-0.39, 0.29) is 0 Å². The van der Waals surface area contributed by atoms with Crippen LogP contribution in [0.25, 0.3) is 0 Å². The second kappa shape index (κ2) is 4.15. The normalized spacial score (nSPS) is 23.5. The van der Waals surface area contributed by atoms with Gasteiger partial charge in [0, 0.05) is 6.04 Å². The van der Waals surface area contributed by atoms with E-state index in [1.807, 2.05) is 0 Å². The van der Waals surface area contributed by atoms with Gasteiger partial charge in [0.2, 0.25) is 0 Å². The summed E-state index contributed by atoms with van der Waals surface area (Å²) in [5.41, 5.74) is 5.18. The lowest BCUT2D eigenvalue weighted by Crippen LogP contribution is -2.34. The van der Waals surface area contributed by atoms with Crippen molar-refractivity contribution in [3.05, 3.63) is 0 Å². The van der Waals surface area contributed by atoms with Gasteiger partial charge in [0.1, 0.15) is 0 Å². The van der Waals surface area contributed by atoms with Crippen molar-refractivity contribution in [3.63, 3.8) is 0 Å². The van der Waals surface area contributed by atoms with Gasteiger partial charge in [-0.05, 0) is 19.4 Å². The van der Waals surface area contributed by atoms with Crippen LogP contribution in [-0.4, -0.2) is 19.3 Å². The molecule has 1 saturated heterocycles. The van der Waals surface area contributed by atoms with Gasteiger partial charge >= 0.3 is 0 Å². The van der Waals surface area contributed by atoms with Crippen molar-refractivity contribution in [1.82, 2.24) is 10.6 Å². The van der Waals surface area contributed by atoms with Crippen LogP contribution in [0.2, 0.25) is 0 Å². The SMILES string of the molecule is NCC#CNC1CCCN1. The molecule has 1 aliphatic heterocycles. The first-order valence-electron chi connectivity index (χ1n) is 3.60. The Morgan fingerprint density at radius 2 is 2.60 bits per heavy atom. The zero-order valence-electron chi connectivity index (χ0n) is 5.98. The molecule has 0 aromatic carbocycles. The summed E-state index contributed by atoms with van der Waals surface area (Å²) in [5, 5.41) is 6.29. The molecule has 0 aromatic heterocycles. The molecule has 0 saturated carbocycles. The molecular weight excluding hydrogens is 126 g/mol. The maximum atomic E-state index is 5.18. The molecule has 4 N–H and O–H groups in total. The molecule has 0 spiro atoms. The van der Waals surface area contributed by atoms with Crippen molar-refractivity contribution in [2.75, 3.05) is 13.1 Å². The molecule has 56 valence electrons. The summed E-state index contributed by atoms with van der Waals surface area (Å²) >= 11 is 0. The van der Waals surface area contributed by atoms with Gasteiger partial charge in [0.05, 0.1) is 12.7 Å². The molecule has 1 aliphatic rings. The maximum Gasteiger partial charge on any atom is 0.0843 e. The molecule has 3 nitrogen and oxygen atoms in total. The lowest BCUT2D eigenvalue weighted by atomic mass is 10.3. The Kier molecular flexibility index (Phi) is 3.07. The number of hydrogen-bond acceptors (Lipinski definition) is 3. The monoisotopic (exact) mass is 139 g/mol. The fraction of sp³-hybridized carbons (Fsp3) is 0.714. The van der Waals surface area contributed by atoms with E-state index in [4.69, 9.17) is 5.73 Å². The highest BCUT2D eigenvalue weighted by molar-refractivity contribution is 4.99. The summed E-state index contributed by atoms with van der Waals surface area (Å²) in [4.78, 5) is 0. The molecule has 0 bridgehead atoms. The van der Waals surface area contributed by atoms with Crippen molar-refractivity contribution < 1.29 is 0 Å². The van der Waals surface area contributed by atoms with Crippen LogP contribution in [0.3, 0.4) is 0 Å². The minimum Gasteiger partial charge on any atom is -0.330 e. The average molecular weight is 139 g/mol. The number of nitrogens with one attached hydrogen (secondary N) is 2. The maximum absolute atomic E-state index is 5.18. The highest BCUT2D eigenvalue weighted by Crippen LogP contribution is 1.99. The van der Waals surface area contributed by atoms with Crippen LogP contribution in [0.1, 0.15) is 12.8 Å². The summed E-state index contributed by atoms with van der Waals surface area (Å²) in [6.07, 6.45) is 2.79. The average Bonchev–Trinajstić information content (AvgIpc) is 2.41. The van der Waals surface area contributed by atoms with E-state index in [1.165, 1.54) is 12.8 Å². The molecule has 3 heteroatoms. The second-order valence-electron chi connectivity index (χ2n) is 2.30. The first-order valence-corrected chi connectivity index (χ1v) is 3.60. The van der Waals surface area contributed by atoms with Crippen molar-refractivity contribution in [2.45, 2.75) is 19.0 Å². The topological polar surface area (TPSA) is 50.1 Å². The molecule has 1 unspecified atom stereocenters. The van der Waals surface area contributed by atoms with Crippen molar-refractivity contribution in [3.8, 4) is 12.0 Å². The number of nitrogens with two attached hydrogens (primary N) is 1. The Labute approximate surface area is 61.4 Å². The first kappa shape index (κ1) is 7.39. The van der Waals surface area contributed by atoms with E-state index in [0.29, 0.717) is 12.7 Å². The van der Waals surface area contributed by atoms with E-state index in [1.54, 1.807) is 0 Å². The molecule has 0 aliphatic carbocycles. The van der Waals surface area contributed by atoms with Crippen LogP contribution in [0.4, 0.5) is 0 Å². The summed E-state index contributed by atoms with van der Waals surface area (Å²) < 4.78 is 0. The van der Waals surface area contributed by atoms with Gasteiger partial charge in [-0.25, -0.2) is 0 Å². The summed E-state index contributed by atoms with van der Waals surface area (Å²) in [7, 11) is 0. The third-order valence-corrected chi connectivity index (χ3v) is 1.50. The van der Waals surface area contributed by atoms with Gasteiger partial charge in [0.15, 0.2) is 0 Å². The van der Waals surface area contributed by atoms with Crippen LogP contribution >= 0.6 is 0 Å². The minimum atomic E-state index is 0.388. The van der Waals surface area contributed by atoms with E-state index in [2.05, 4.69) is 22.6 Å². The van der Waals surface area contributed by atoms with Crippen molar-refractivity contribution in [2.24, 2.45) is 5.73 Å². The number of hydrogen-bond donors (Lipinski definition) is 3.